The Bertz CT molecular complexity index is 1280. The van der Waals surface area contributed by atoms with Gasteiger partial charge in [0.15, 0.2) is 6.61 Å². The molecule has 0 aliphatic rings. The molecular weight excluding hydrogens is 464 g/mol. The average Bonchev–Trinajstić information content (AvgIpc) is 2.79. The number of hydrogen-bond acceptors (Lipinski definition) is 5. The molecule has 33 heavy (non-hydrogen) atoms. The molecule has 7 nitrogen and oxygen atoms in total. The van der Waals surface area contributed by atoms with Crippen molar-refractivity contribution in [3.63, 3.8) is 0 Å². The molecule has 0 atom stereocenters. The van der Waals surface area contributed by atoms with Crippen LogP contribution < -0.4 is 10.0 Å². The molecule has 1 amide bonds. The van der Waals surface area contributed by atoms with E-state index in [2.05, 4.69) is 10.0 Å². The number of benzene rings is 3. The second-order valence-electron chi connectivity index (χ2n) is 7.40. The first-order chi connectivity index (χ1) is 15.7. The number of esters is 1. The Morgan fingerprint density at radius 2 is 1.70 bits per heavy atom. The maximum absolute atomic E-state index is 12.7. The molecule has 0 bridgehead atoms. The Morgan fingerprint density at radius 3 is 2.42 bits per heavy atom. The van der Waals surface area contributed by atoms with E-state index in [1.54, 1.807) is 24.3 Å². The monoisotopic (exact) mass is 486 g/mol. The minimum atomic E-state index is -3.99. The summed E-state index contributed by atoms with van der Waals surface area (Å²) in [5, 5.41) is 2.65. The Kier molecular flexibility index (Phi) is 7.86. The zero-order valence-corrected chi connectivity index (χ0v) is 19.7. The van der Waals surface area contributed by atoms with Crippen LogP contribution in [0.15, 0.2) is 71.6 Å². The van der Waals surface area contributed by atoms with E-state index in [1.165, 1.54) is 12.1 Å². The van der Waals surface area contributed by atoms with Crippen LogP contribution in [0.5, 0.6) is 0 Å². The average molecular weight is 487 g/mol. The summed E-state index contributed by atoms with van der Waals surface area (Å²) in [5.41, 5.74) is 3.20. The number of aryl methyl sites for hydroxylation is 2. The molecule has 0 aliphatic heterocycles. The number of halogens is 1. The predicted octanol–water partition coefficient (Wildman–Crippen LogP) is 4.23. The molecule has 172 valence electrons. The topological polar surface area (TPSA) is 102 Å². The van der Waals surface area contributed by atoms with Crippen LogP contribution in [0.4, 0.5) is 5.69 Å². The number of ether oxygens (including phenoxy) is 1. The van der Waals surface area contributed by atoms with Crippen molar-refractivity contribution in [1.82, 2.24) is 4.72 Å². The van der Waals surface area contributed by atoms with Crippen molar-refractivity contribution in [2.24, 2.45) is 0 Å². The van der Waals surface area contributed by atoms with Gasteiger partial charge in [-0.2, -0.15) is 0 Å². The van der Waals surface area contributed by atoms with Gasteiger partial charge in [-0.1, -0.05) is 54.1 Å². The van der Waals surface area contributed by atoms with Crippen LogP contribution >= 0.6 is 11.6 Å². The van der Waals surface area contributed by atoms with E-state index in [1.807, 2.05) is 38.1 Å². The highest BCUT2D eigenvalue weighted by Gasteiger charge is 2.21. The second-order valence-corrected chi connectivity index (χ2v) is 9.54. The number of nitrogens with one attached hydrogen (secondary N) is 2. The largest absolute Gasteiger partial charge is 0.452 e. The van der Waals surface area contributed by atoms with Gasteiger partial charge in [0.1, 0.15) is 4.90 Å². The van der Waals surface area contributed by atoms with Crippen LogP contribution in [0.25, 0.3) is 0 Å². The maximum Gasteiger partial charge on any atom is 0.338 e. The molecule has 3 rings (SSSR count). The van der Waals surface area contributed by atoms with E-state index >= 15 is 0 Å². The number of carbonyl (C=O) groups excluding carboxylic acids is 2. The zero-order valence-electron chi connectivity index (χ0n) is 18.1. The molecule has 3 aromatic rings. The minimum Gasteiger partial charge on any atom is -0.452 e. The van der Waals surface area contributed by atoms with Crippen LogP contribution in [-0.4, -0.2) is 26.9 Å². The van der Waals surface area contributed by atoms with Crippen LogP contribution in [0.1, 0.15) is 27.0 Å². The molecule has 9 heteroatoms. The predicted molar refractivity (Wildman–Crippen MR) is 127 cm³/mol. The summed E-state index contributed by atoms with van der Waals surface area (Å²) in [6.45, 7) is 3.29. The van der Waals surface area contributed by atoms with Gasteiger partial charge in [0.05, 0.1) is 10.6 Å². The fourth-order valence-electron chi connectivity index (χ4n) is 2.96. The number of carbonyl (C=O) groups is 2. The third-order valence-electron chi connectivity index (χ3n) is 4.77. The van der Waals surface area contributed by atoms with E-state index < -0.39 is 28.5 Å². The summed E-state index contributed by atoms with van der Waals surface area (Å²) >= 11 is 6.08. The maximum atomic E-state index is 12.7. The van der Waals surface area contributed by atoms with Crippen molar-refractivity contribution in [2.45, 2.75) is 25.3 Å². The van der Waals surface area contributed by atoms with Gasteiger partial charge < -0.3 is 10.1 Å². The van der Waals surface area contributed by atoms with Crippen molar-refractivity contribution >= 4 is 39.2 Å². The molecule has 0 aromatic heterocycles. The highest BCUT2D eigenvalue weighted by molar-refractivity contribution is 7.89. The van der Waals surface area contributed by atoms with Crippen LogP contribution in [-0.2, 0) is 26.1 Å². The van der Waals surface area contributed by atoms with Gasteiger partial charge in [-0.25, -0.2) is 17.9 Å². The van der Waals surface area contributed by atoms with Gasteiger partial charge in [0, 0.05) is 12.2 Å². The van der Waals surface area contributed by atoms with Crippen molar-refractivity contribution < 1.29 is 22.7 Å². The van der Waals surface area contributed by atoms with Gasteiger partial charge in [0.2, 0.25) is 10.0 Å². The SMILES string of the molecule is Cc1ccc(C)c(NC(=O)COC(=O)c2ccc(Cl)c(S(=O)(=O)NCc3ccccc3)c2)c1. The number of anilines is 1. The van der Waals surface area contributed by atoms with Crippen LogP contribution in [0.3, 0.4) is 0 Å². The Balaban J connectivity index is 1.65. The quantitative estimate of drug-likeness (QED) is 0.464. The lowest BCUT2D eigenvalue weighted by molar-refractivity contribution is -0.119. The Labute approximate surface area is 197 Å². The van der Waals surface area contributed by atoms with E-state index in [9.17, 15) is 18.0 Å². The lowest BCUT2D eigenvalue weighted by Crippen LogP contribution is -2.24. The lowest BCUT2D eigenvalue weighted by Gasteiger charge is -2.11. The first-order valence-corrected chi connectivity index (χ1v) is 11.9. The van der Waals surface area contributed by atoms with Gasteiger partial charge in [-0.05, 0) is 54.8 Å². The number of rotatable bonds is 8. The highest BCUT2D eigenvalue weighted by Crippen LogP contribution is 2.23. The Morgan fingerprint density at radius 1 is 0.970 bits per heavy atom. The van der Waals surface area contributed by atoms with Crippen molar-refractivity contribution in [2.75, 3.05) is 11.9 Å². The number of hydrogen-bond donors (Lipinski definition) is 2. The first kappa shape index (κ1) is 24.4. The van der Waals surface area contributed by atoms with Crippen molar-refractivity contribution in [1.29, 1.82) is 0 Å². The second kappa shape index (κ2) is 10.6. The molecule has 0 radical (unpaired) electrons. The van der Waals surface area contributed by atoms with E-state index in [-0.39, 0.29) is 22.0 Å². The first-order valence-electron chi connectivity index (χ1n) is 10.0. The molecule has 0 unspecified atom stereocenters. The van der Waals surface area contributed by atoms with E-state index in [0.717, 1.165) is 22.8 Å². The standard InChI is InChI=1S/C24H23ClN2O5S/c1-16-8-9-17(2)21(12-16)27-23(28)15-32-24(29)19-10-11-20(25)22(13-19)33(30,31)26-14-18-6-4-3-5-7-18/h3-13,26H,14-15H2,1-2H3,(H,27,28). The van der Waals surface area contributed by atoms with E-state index in [4.69, 9.17) is 16.3 Å². The van der Waals surface area contributed by atoms with E-state index in [0.29, 0.717) is 5.69 Å². The summed E-state index contributed by atoms with van der Waals surface area (Å²) in [6.07, 6.45) is 0. The number of amides is 1. The summed E-state index contributed by atoms with van der Waals surface area (Å²) < 4.78 is 33.0. The zero-order chi connectivity index (χ0) is 24.0. The van der Waals surface area contributed by atoms with Crippen molar-refractivity contribution in [3.05, 3.63) is 94.0 Å². The molecule has 0 saturated carbocycles. The molecular formula is C24H23ClN2O5S. The molecule has 0 spiro atoms. The van der Waals surface area contributed by atoms with Crippen LogP contribution in [0.2, 0.25) is 5.02 Å². The Hall–Kier alpha value is -3.20. The summed E-state index contributed by atoms with van der Waals surface area (Å²) in [5.74, 6) is -1.36. The summed E-state index contributed by atoms with van der Waals surface area (Å²) in [6, 6.07) is 18.3. The lowest BCUT2D eigenvalue weighted by atomic mass is 10.1. The van der Waals surface area contributed by atoms with Gasteiger partial charge in [-0.15, -0.1) is 0 Å². The molecule has 2 N–H and O–H groups in total. The van der Waals surface area contributed by atoms with Crippen LogP contribution in [0, 0.1) is 13.8 Å². The third-order valence-corrected chi connectivity index (χ3v) is 6.65. The smallest absolute Gasteiger partial charge is 0.338 e. The summed E-state index contributed by atoms with van der Waals surface area (Å²) in [7, 11) is -3.99. The van der Waals surface area contributed by atoms with Gasteiger partial charge in [-0.3, -0.25) is 4.79 Å². The summed E-state index contributed by atoms with van der Waals surface area (Å²) in [4.78, 5) is 24.4. The fourth-order valence-corrected chi connectivity index (χ4v) is 4.50. The van der Waals surface area contributed by atoms with Gasteiger partial charge >= 0.3 is 5.97 Å². The third kappa shape index (κ3) is 6.64. The van der Waals surface area contributed by atoms with Crippen molar-refractivity contribution in [3.8, 4) is 0 Å². The minimum absolute atomic E-state index is 0.0419. The van der Waals surface area contributed by atoms with Gasteiger partial charge in [0.25, 0.3) is 5.91 Å². The molecule has 3 aromatic carbocycles. The normalized spacial score (nSPS) is 11.1. The molecule has 0 saturated heterocycles. The number of sulfonamides is 1. The fraction of sp³-hybridized carbons (Fsp3) is 0.167. The molecule has 0 heterocycles. The highest BCUT2D eigenvalue weighted by atomic mass is 35.5. The molecule has 0 aliphatic carbocycles. The molecule has 0 fully saturated rings.